The lowest BCUT2D eigenvalue weighted by molar-refractivity contribution is 0.0702. The van der Waals surface area contributed by atoms with E-state index in [0.29, 0.717) is 16.8 Å². The summed E-state index contributed by atoms with van der Waals surface area (Å²) in [6.07, 6.45) is 8.18. The highest BCUT2D eigenvalue weighted by Gasteiger charge is 2.31. The second-order valence-electron chi connectivity index (χ2n) is 10.4. The summed E-state index contributed by atoms with van der Waals surface area (Å²) in [6.45, 7) is 9.44. The van der Waals surface area contributed by atoms with Crippen LogP contribution < -0.4 is 4.90 Å². The van der Waals surface area contributed by atoms with Crippen LogP contribution in [0, 0.1) is 29.1 Å². The summed E-state index contributed by atoms with van der Waals surface area (Å²) in [7, 11) is 0. The van der Waals surface area contributed by atoms with Crippen LogP contribution in [0.25, 0.3) is 0 Å². The van der Waals surface area contributed by atoms with Gasteiger partial charge in [0.05, 0.1) is 16.7 Å². The average molecular weight is 432 g/mol. The maximum atomic E-state index is 12.1. The van der Waals surface area contributed by atoms with Gasteiger partial charge in [0, 0.05) is 18.0 Å². The molecular weight excluding hydrogens is 394 g/mol. The minimum Gasteiger partial charge on any atom is -0.477 e. The molecule has 5 heteroatoms. The van der Waals surface area contributed by atoms with E-state index in [2.05, 4.69) is 44.4 Å². The predicted molar refractivity (Wildman–Crippen MR) is 124 cm³/mol. The molecule has 2 N–H and O–H groups in total. The van der Waals surface area contributed by atoms with Crippen molar-refractivity contribution in [2.24, 2.45) is 17.3 Å². The molecule has 30 heavy (non-hydrogen) atoms. The van der Waals surface area contributed by atoms with Crippen LogP contribution in [0.15, 0.2) is 6.07 Å². The van der Waals surface area contributed by atoms with Crippen LogP contribution in [-0.4, -0.2) is 34.9 Å². The zero-order valence-electron chi connectivity index (χ0n) is 18.9. The van der Waals surface area contributed by atoms with Gasteiger partial charge in [-0.15, -0.1) is 11.3 Å². The number of hydrogen-bond donors (Lipinski definition) is 2. The van der Waals surface area contributed by atoms with Crippen molar-refractivity contribution in [2.45, 2.75) is 91.2 Å². The smallest absolute Gasteiger partial charge is 0.348 e. The molecule has 2 saturated carbocycles. The Bertz CT molecular complexity index is 782. The van der Waals surface area contributed by atoms with Crippen LogP contribution in [0.4, 0.5) is 5.69 Å². The van der Waals surface area contributed by atoms with Gasteiger partial charge in [0.15, 0.2) is 0 Å². The van der Waals surface area contributed by atoms with Gasteiger partial charge in [-0.25, -0.2) is 4.79 Å². The maximum Gasteiger partial charge on any atom is 0.348 e. The molecular formula is C25H37NO3S. The molecule has 0 unspecified atom stereocenters. The highest BCUT2D eigenvalue weighted by atomic mass is 32.1. The molecule has 4 nitrogen and oxygen atoms in total. The summed E-state index contributed by atoms with van der Waals surface area (Å²) in [4.78, 5) is 15.7. The number of aliphatic hydroxyl groups excluding tert-OH is 1. The second-order valence-corrected chi connectivity index (χ2v) is 11.4. The molecule has 3 rings (SSSR count). The Labute approximate surface area is 185 Å². The summed E-state index contributed by atoms with van der Waals surface area (Å²) in [5.41, 5.74) is 0.719. The Morgan fingerprint density at radius 1 is 1.13 bits per heavy atom. The van der Waals surface area contributed by atoms with Crippen molar-refractivity contribution < 1.29 is 15.0 Å². The Balaban J connectivity index is 1.91. The quantitative estimate of drug-likeness (QED) is 0.580. The van der Waals surface area contributed by atoms with E-state index < -0.39 is 5.97 Å². The third kappa shape index (κ3) is 6.25. The van der Waals surface area contributed by atoms with Crippen LogP contribution in [0.1, 0.15) is 93.6 Å². The van der Waals surface area contributed by atoms with E-state index in [4.69, 9.17) is 0 Å². The molecule has 2 fully saturated rings. The van der Waals surface area contributed by atoms with Gasteiger partial charge in [-0.3, -0.25) is 0 Å². The topological polar surface area (TPSA) is 60.8 Å². The molecule has 0 saturated heterocycles. The number of aromatic carboxylic acids is 1. The van der Waals surface area contributed by atoms with Gasteiger partial charge in [0.2, 0.25) is 0 Å². The number of anilines is 1. The second kappa shape index (κ2) is 9.75. The summed E-state index contributed by atoms with van der Waals surface area (Å²) < 4.78 is 0. The zero-order chi connectivity index (χ0) is 21.9. The minimum absolute atomic E-state index is 0.120. The van der Waals surface area contributed by atoms with E-state index >= 15 is 0 Å². The van der Waals surface area contributed by atoms with Crippen molar-refractivity contribution in [1.82, 2.24) is 0 Å². The summed E-state index contributed by atoms with van der Waals surface area (Å²) in [5, 5.41) is 19.9. The number of carbonyl (C=O) groups is 1. The fraction of sp³-hybridized carbons (Fsp3) is 0.720. The average Bonchev–Trinajstić information content (AvgIpc) is 3.11. The lowest BCUT2D eigenvalue weighted by Gasteiger charge is -2.40. The van der Waals surface area contributed by atoms with Crippen molar-refractivity contribution in [3.05, 3.63) is 15.8 Å². The molecule has 1 aromatic rings. The predicted octanol–water partition coefficient (Wildman–Crippen LogP) is 5.78. The van der Waals surface area contributed by atoms with Crippen LogP contribution in [-0.2, 0) is 0 Å². The number of carboxylic acids is 1. The van der Waals surface area contributed by atoms with E-state index in [9.17, 15) is 15.0 Å². The van der Waals surface area contributed by atoms with Gasteiger partial charge in [0.1, 0.15) is 4.88 Å². The molecule has 0 atom stereocenters. The van der Waals surface area contributed by atoms with Crippen LogP contribution >= 0.6 is 11.3 Å². The summed E-state index contributed by atoms with van der Waals surface area (Å²) in [5.74, 6) is 7.00. The lowest BCUT2D eigenvalue weighted by Crippen LogP contribution is -2.43. The monoisotopic (exact) mass is 431 g/mol. The van der Waals surface area contributed by atoms with Crippen molar-refractivity contribution in [1.29, 1.82) is 0 Å². The Morgan fingerprint density at radius 2 is 1.77 bits per heavy atom. The Kier molecular flexibility index (Phi) is 7.52. The molecule has 1 heterocycles. The van der Waals surface area contributed by atoms with Gasteiger partial charge in [-0.05, 0) is 77.2 Å². The molecule has 1 aromatic heterocycles. The number of aliphatic hydroxyl groups is 1. The largest absolute Gasteiger partial charge is 0.477 e. The van der Waals surface area contributed by atoms with E-state index in [-0.39, 0.29) is 11.5 Å². The third-order valence-corrected chi connectivity index (χ3v) is 7.50. The molecule has 0 aromatic carbocycles. The fourth-order valence-corrected chi connectivity index (χ4v) is 5.52. The molecule has 2 aliphatic rings. The van der Waals surface area contributed by atoms with E-state index in [1.807, 2.05) is 6.07 Å². The van der Waals surface area contributed by atoms with E-state index in [1.165, 1.54) is 37.0 Å². The van der Waals surface area contributed by atoms with Crippen LogP contribution in [0.5, 0.6) is 0 Å². The molecule has 0 aliphatic heterocycles. The first-order valence-electron chi connectivity index (χ1n) is 11.5. The van der Waals surface area contributed by atoms with Crippen molar-refractivity contribution in [3.63, 3.8) is 0 Å². The van der Waals surface area contributed by atoms with Crippen molar-refractivity contribution in [3.8, 4) is 11.8 Å². The first kappa shape index (κ1) is 23.2. The summed E-state index contributed by atoms with van der Waals surface area (Å²) >= 11 is 1.30. The van der Waals surface area contributed by atoms with Gasteiger partial charge in [0.25, 0.3) is 0 Å². The van der Waals surface area contributed by atoms with Crippen LogP contribution in [0.2, 0.25) is 0 Å². The first-order valence-corrected chi connectivity index (χ1v) is 12.3. The molecule has 166 valence electrons. The molecule has 2 aliphatic carbocycles. The van der Waals surface area contributed by atoms with E-state index in [1.54, 1.807) is 0 Å². The normalized spacial score (nSPS) is 27.2. The first-order chi connectivity index (χ1) is 14.1. The number of thiophene rings is 1. The van der Waals surface area contributed by atoms with Crippen molar-refractivity contribution in [2.75, 3.05) is 11.4 Å². The van der Waals surface area contributed by atoms with Gasteiger partial charge >= 0.3 is 5.97 Å². The molecule has 0 radical (unpaired) electrons. The number of nitrogens with zero attached hydrogens (tertiary/aromatic N) is 1. The van der Waals surface area contributed by atoms with E-state index in [0.717, 1.165) is 48.7 Å². The minimum atomic E-state index is -0.864. The number of rotatable bonds is 5. The maximum absolute atomic E-state index is 12.1. The lowest BCUT2D eigenvalue weighted by atomic mass is 9.82. The third-order valence-electron chi connectivity index (χ3n) is 6.47. The molecule has 0 amide bonds. The van der Waals surface area contributed by atoms with Gasteiger partial charge in [-0.2, -0.15) is 0 Å². The van der Waals surface area contributed by atoms with Crippen LogP contribution in [0.3, 0.4) is 0 Å². The fourth-order valence-electron chi connectivity index (χ4n) is 4.66. The number of hydrogen-bond acceptors (Lipinski definition) is 4. The summed E-state index contributed by atoms with van der Waals surface area (Å²) in [6, 6.07) is 2.30. The highest BCUT2D eigenvalue weighted by Crippen LogP contribution is 2.38. The molecule has 0 bridgehead atoms. The molecule has 0 spiro atoms. The standard InChI is InChI=1S/C25H37NO3S/c1-17-5-7-18(8-6-17)16-26(19-9-11-20(27)12-10-19)22-15-21(13-14-25(2,3)4)30-23(22)24(28)29/h15,17-20,27H,5-12,16H2,1-4H3,(H,28,29). The van der Waals surface area contributed by atoms with Crippen molar-refractivity contribution >= 4 is 23.0 Å². The Morgan fingerprint density at radius 3 is 2.33 bits per heavy atom. The van der Waals surface area contributed by atoms with Gasteiger partial charge in [-0.1, -0.05) is 31.6 Å². The van der Waals surface area contributed by atoms with Gasteiger partial charge < -0.3 is 15.1 Å². The highest BCUT2D eigenvalue weighted by molar-refractivity contribution is 7.15. The SMILES string of the molecule is CC1CCC(CN(c2cc(C#CC(C)(C)C)sc2C(=O)O)C2CCC(O)CC2)CC1. The zero-order valence-corrected chi connectivity index (χ0v) is 19.7. The number of carboxylic acid groups (broad SMARTS) is 1. The Hall–Kier alpha value is -1.51.